The Morgan fingerprint density at radius 2 is 1.94 bits per heavy atom. The van der Waals surface area contributed by atoms with Gasteiger partial charge < -0.3 is 18.8 Å². The number of hydrogen-bond donors (Lipinski definition) is 0. The van der Waals surface area contributed by atoms with Crippen LogP contribution in [0, 0.1) is 0 Å². The Bertz CT molecular complexity index is 1060. The molecule has 1 aromatic heterocycles. The molecule has 0 spiro atoms. The summed E-state index contributed by atoms with van der Waals surface area (Å²) < 4.78 is 19.5. The number of amides is 1. The number of likely N-dealkylation sites (tertiary alicyclic amines) is 1. The van der Waals surface area contributed by atoms with Crippen molar-refractivity contribution in [2.24, 2.45) is 0 Å². The number of imidazole rings is 1. The van der Waals surface area contributed by atoms with Crippen LogP contribution in [-0.4, -0.2) is 60.4 Å². The molecule has 0 bridgehead atoms. The Morgan fingerprint density at radius 3 is 2.56 bits per heavy atom. The third kappa shape index (κ3) is 6.40. The van der Waals surface area contributed by atoms with Crippen LogP contribution in [0.25, 0.3) is 11.0 Å². The molecule has 1 aromatic carbocycles. The van der Waals surface area contributed by atoms with E-state index in [4.69, 9.17) is 19.2 Å². The largest absolute Gasteiger partial charge is 0.465 e. The molecule has 0 saturated carbocycles. The van der Waals surface area contributed by atoms with E-state index >= 15 is 0 Å². The van der Waals surface area contributed by atoms with Crippen LogP contribution in [-0.2, 0) is 20.9 Å². The van der Waals surface area contributed by atoms with Gasteiger partial charge >= 0.3 is 12.1 Å². The van der Waals surface area contributed by atoms with E-state index in [-0.39, 0.29) is 18.9 Å². The Labute approximate surface area is 211 Å². The van der Waals surface area contributed by atoms with Gasteiger partial charge in [-0.15, -0.1) is 0 Å². The van der Waals surface area contributed by atoms with Gasteiger partial charge in [-0.1, -0.05) is 35.6 Å². The zero-order chi connectivity index (χ0) is 25.3. The molecule has 8 nitrogen and oxygen atoms in total. The summed E-state index contributed by atoms with van der Waals surface area (Å²) in [6, 6.07) is 4.36. The number of hydrogen-bond acceptors (Lipinski definition) is 6. The van der Waals surface area contributed by atoms with Crippen LogP contribution in [0.1, 0.15) is 55.8 Å². The Balaban J connectivity index is 2.05. The second kappa shape index (κ2) is 10.4. The molecule has 1 aliphatic rings. The normalized spacial score (nSPS) is 16.8. The summed E-state index contributed by atoms with van der Waals surface area (Å²) in [6.45, 7) is 13.9. The molecule has 0 N–H and O–H groups in total. The Hall–Kier alpha value is -1.91. The number of rotatable bonds is 7. The molecule has 10 heteroatoms. The summed E-state index contributed by atoms with van der Waals surface area (Å²) in [5.74, 6) is 0.242. The average molecular weight is 555 g/mol. The second-order valence-electron chi connectivity index (χ2n) is 10.9. The lowest BCUT2D eigenvalue weighted by atomic mass is 10.2. The van der Waals surface area contributed by atoms with Crippen LogP contribution in [0.5, 0.6) is 0 Å². The first kappa shape index (κ1) is 26.7. The van der Waals surface area contributed by atoms with Crippen molar-refractivity contribution < 1.29 is 23.8 Å². The molecule has 2 aromatic rings. The number of aromatic nitrogens is 2. The monoisotopic (exact) mass is 553 g/mol. The maximum Gasteiger partial charge on any atom is 0.410 e. The van der Waals surface area contributed by atoms with Crippen molar-refractivity contribution in [1.82, 2.24) is 14.5 Å². The maximum absolute atomic E-state index is 13.0. The number of methoxy groups -OCH3 is 1. The molecule has 3 rings (SSSR count). The van der Waals surface area contributed by atoms with Gasteiger partial charge in [0.15, 0.2) is 0 Å². The quantitative estimate of drug-likeness (QED) is 0.238. The van der Waals surface area contributed by atoms with E-state index in [9.17, 15) is 9.59 Å². The highest BCUT2D eigenvalue weighted by Gasteiger charge is 2.37. The third-order valence-corrected chi connectivity index (χ3v) is 7.80. The maximum atomic E-state index is 13.0. The molecule has 0 radical (unpaired) electrons. The summed E-state index contributed by atoms with van der Waals surface area (Å²) in [5.41, 5.74) is 1.11. The van der Waals surface area contributed by atoms with Crippen LogP contribution < -0.4 is 0 Å². The van der Waals surface area contributed by atoms with Crippen molar-refractivity contribution >= 4 is 47.1 Å². The summed E-state index contributed by atoms with van der Waals surface area (Å²) in [7, 11) is 0.101. The molecule has 1 aliphatic heterocycles. The average Bonchev–Trinajstić information content (AvgIpc) is 3.32. The minimum atomic E-state index is -1.26. The van der Waals surface area contributed by atoms with E-state index in [0.717, 1.165) is 23.4 Å². The number of nitrogens with zero attached hydrogens (tertiary/aromatic N) is 3. The van der Waals surface area contributed by atoms with Crippen LogP contribution in [0.2, 0.25) is 25.7 Å². The van der Waals surface area contributed by atoms with Crippen LogP contribution in [0.3, 0.4) is 0 Å². The highest BCUT2D eigenvalue weighted by molar-refractivity contribution is 9.10. The van der Waals surface area contributed by atoms with Crippen molar-refractivity contribution in [2.75, 3.05) is 20.3 Å². The van der Waals surface area contributed by atoms with E-state index in [1.165, 1.54) is 7.11 Å². The molecular formula is C24H36BrN3O5Si. The van der Waals surface area contributed by atoms with Crippen molar-refractivity contribution in [3.63, 3.8) is 0 Å². The van der Waals surface area contributed by atoms with E-state index in [0.29, 0.717) is 35.6 Å². The molecule has 1 saturated heterocycles. The predicted molar refractivity (Wildman–Crippen MR) is 138 cm³/mol. The van der Waals surface area contributed by atoms with Gasteiger partial charge in [0.1, 0.15) is 18.2 Å². The first-order chi connectivity index (χ1) is 15.8. The van der Waals surface area contributed by atoms with Crippen molar-refractivity contribution in [2.45, 2.75) is 77.7 Å². The number of fused-ring (bicyclic) bond motifs is 1. The van der Waals surface area contributed by atoms with Gasteiger partial charge in [-0.2, -0.15) is 0 Å². The van der Waals surface area contributed by atoms with Gasteiger partial charge in [-0.3, -0.25) is 4.90 Å². The summed E-state index contributed by atoms with van der Waals surface area (Å²) in [6.07, 6.45) is 1.24. The van der Waals surface area contributed by atoms with Crippen LogP contribution in [0.4, 0.5) is 4.79 Å². The molecule has 188 valence electrons. The molecule has 1 fully saturated rings. The SMILES string of the molecule is COC(=O)c1cc(Br)cc2nc(C3CCCN3C(=O)OC(C)(C)C)n(COCC[Si](C)(C)C)c12. The molecular weight excluding hydrogens is 518 g/mol. The molecule has 34 heavy (non-hydrogen) atoms. The molecule has 1 unspecified atom stereocenters. The van der Waals surface area contributed by atoms with Gasteiger partial charge in [0.25, 0.3) is 0 Å². The van der Waals surface area contributed by atoms with Crippen LogP contribution >= 0.6 is 15.9 Å². The first-order valence-corrected chi connectivity index (χ1v) is 16.2. The number of benzene rings is 1. The third-order valence-electron chi connectivity index (χ3n) is 5.64. The minimum Gasteiger partial charge on any atom is -0.465 e. The highest BCUT2D eigenvalue weighted by atomic mass is 79.9. The minimum absolute atomic E-state index is 0.237. The van der Waals surface area contributed by atoms with Crippen LogP contribution in [0.15, 0.2) is 16.6 Å². The molecule has 1 atom stereocenters. The summed E-state index contributed by atoms with van der Waals surface area (Å²) in [5, 5.41) is 0. The molecule has 0 aliphatic carbocycles. The number of esters is 1. The van der Waals surface area contributed by atoms with E-state index in [2.05, 4.69) is 35.6 Å². The van der Waals surface area contributed by atoms with Gasteiger partial charge in [-0.05, 0) is 51.8 Å². The van der Waals surface area contributed by atoms with Gasteiger partial charge in [0.05, 0.1) is 29.7 Å². The standard InChI is InChI=1S/C24H36BrN3O5Si/c1-24(2,3)33-23(30)27-10-8-9-19(27)21-26-18-14-16(25)13-17(22(29)31-4)20(18)28(21)15-32-11-12-34(5,6)7/h13-14,19H,8-12,15H2,1-7H3. The molecule has 1 amide bonds. The van der Waals surface area contributed by atoms with Crippen molar-refractivity contribution in [3.05, 3.63) is 28.0 Å². The zero-order valence-electron chi connectivity index (χ0n) is 21.2. The molecule has 2 heterocycles. The number of carbonyl (C=O) groups excluding carboxylic acids is 2. The van der Waals surface area contributed by atoms with Crippen molar-refractivity contribution in [1.29, 1.82) is 0 Å². The van der Waals surface area contributed by atoms with Gasteiger partial charge in [0.2, 0.25) is 0 Å². The highest BCUT2D eigenvalue weighted by Crippen LogP contribution is 2.36. The first-order valence-electron chi connectivity index (χ1n) is 11.7. The number of halogens is 1. The fourth-order valence-corrected chi connectivity index (χ4v) is 5.21. The fourth-order valence-electron chi connectivity index (χ4n) is 4.01. The zero-order valence-corrected chi connectivity index (χ0v) is 23.8. The Morgan fingerprint density at radius 1 is 1.24 bits per heavy atom. The predicted octanol–water partition coefficient (Wildman–Crippen LogP) is 5.97. The van der Waals surface area contributed by atoms with E-state index < -0.39 is 19.6 Å². The summed E-state index contributed by atoms with van der Waals surface area (Å²) >= 11 is 3.48. The van der Waals surface area contributed by atoms with Gasteiger partial charge in [0, 0.05) is 25.7 Å². The number of carbonyl (C=O) groups is 2. The smallest absolute Gasteiger partial charge is 0.410 e. The topological polar surface area (TPSA) is 82.9 Å². The van der Waals surface area contributed by atoms with E-state index in [1.807, 2.05) is 31.4 Å². The van der Waals surface area contributed by atoms with E-state index in [1.54, 1.807) is 11.0 Å². The lowest BCUT2D eigenvalue weighted by Crippen LogP contribution is -2.37. The van der Waals surface area contributed by atoms with Crippen molar-refractivity contribution in [3.8, 4) is 0 Å². The fraction of sp³-hybridized carbons (Fsp3) is 0.625. The Kier molecular flexibility index (Phi) is 8.14. The number of ether oxygens (including phenoxy) is 3. The second-order valence-corrected chi connectivity index (χ2v) is 17.4. The lowest BCUT2D eigenvalue weighted by molar-refractivity contribution is 0.0204. The lowest BCUT2D eigenvalue weighted by Gasteiger charge is -2.28. The van der Waals surface area contributed by atoms with Gasteiger partial charge in [-0.25, -0.2) is 14.6 Å². The summed E-state index contributed by atoms with van der Waals surface area (Å²) in [4.78, 5) is 32.3.